The lowest BCUT2D eigenvalue weighted by Gasteiger charge is -2.10. The first kappa shape index (κ1) is 22.8. The van der Waals surface area contributed by atoms with Crippen LogP contribution >= 0.6 is 11.6 Å². The molecule has 3 aromatic rings. The Kier molecular flexibility index (Phi) is 7.77. The highest BCUT2D eigenvalue weighted by molar-refractivity contribution is 6.32. The van der Waals surface area contributed by atoms with Crippen molar-refractivity contribution in [2.24, 2.45) is 5.10 Å². The van der Waals surface area contributed by atoms with E-state index in [2.05, 4.69) is 10.5 Å². The number of para-hydroxylation sites is 1. The van der Waals surface area contributed by atoms with Gasteiger partial charge in [0, 0.05) is 0 Å². The second-order valence-electron chi connectivity index (χ2n) is 6.32. The molecule has 0 aliphatic heterocycles. The maximum Gasteiger partial charge on any atom is 0.343 e. The molecule has 0 saturated heterocycles. The van der Waals surface area contributed by atoms with E-state index in [0.29, 0.717) is 16.3 Å². The van der Waals surface area contributed by atoms with Crippen LogP contribution < -0.4 is 19.6 Å². The van der Waals surface area contributed by atoms with Gasteiger partial charge in [0.05, 0.1) is 23.9 Å². The quantitative estimate of drug-likeness (QED) is 0.237. The van der Waals surface area contributed by atoms with Gasteiger partial charge < -0.3 is 14.2 Å². The summed E-state index contributed by atoms with van der Waals surface area (Å²) in [5.74, 6) is -0.953. The molecule has 3 aromatic carbocycles. The number of amides is 1. The molecule has 1 amide bonds. The van der Waals surface area contributed by atoms with Crippen LogP contribution in [0.5, 0.6) is 17.2 Å². The third kappa shape index (κ3) is 6.29. The largest absolute Gasteiger partial charge is 0.493 e. The fourth-order valence-electron chi connectivity index (χ4n) is 2.54. The van der Waals surface area contributed by atoms with Gasteiger partial charge in [-0.3, -0.25) is 4.79 Å². The summed E-state index contributed by atoms with van der Waals surface area (Å²) in [4.78, 5) is 24.1. The number of hydrazone groups is 1. The van der Waals surface area contributed by atoms with Gasteiger partial charge in [-0.05, 0) is 54.1 Å². The zero-order chi connectivity index (χ0) is 22.9. The summed E-state index contributed by atoms with van der Waals surface area (Å²) >= 11 is 5.96. The van der Waals surface area contributed by atoms with Gasteiger partial charge in [-0.1, -0.05) is 29.8 Å². The summed E-state index contributed by atoms with van der Waals surface area (Å²) in [5.41, 5.74) is 2.97. The average molecular weight is 457 g/mol. The smallest absolute Gasteiger partial charge is 0.343 e. The van der Waals surface area contributed by atoms with Crippen molar-refractivity contribution < 1.29 is 28.2 Å². The van der Waals surface area contributed by atoms with E-state index in [0.717, 1.165) is 6.07 Å². The highest BCUT2D eigenvalue weighted by atomic mass is 35.5. The molecule has 0 spiro atoms. The Bertz CT molecular complexity index is 1150. The van der Waals surface area contributed by atoms with Crippen LogP contribution in [-0.2, 0) is 4.79 Å². The molecule has 9 heteroatoms. The van der Waals surface area contributed by atoms with Gasteiger partial charge in [0.1, 0.15) is 11.6 Å². The van der Waals surface area contributed by atoms with E-state index < -0.39 is 17.7 Å². The number of halogens is 2. The van der Waals surface area contributed by atoms with E-state index in [1.807, 2.05) is 0 Å². The van der Waals surface area contributed by atoms with Gasteiger partial charge >= 0.3 is 5.97 Å². The van der Waals surface area contributed by atoms with Crippen LogP contribution in [0.4, 0.5) is 4.39 Å². The molecule has 7 nitrogen and oxygen atoms in total. The van der Waals surface area contributed by atoms with Crippen molar-refractivity contribution in [3.05, 3.63) is 88.7 Å². The number of nitrogens with zero attached hydrogens (tertiary/aromatic N) is 1. The molecule has 0 fully saturated rings. The van der Waals surface area contributed by atoms with E-state index in [1.165, 1.54) is 37.6 Å². The standard InChI is InChI=1S/C23H18ClFN2O5/c1-30-21-11-15(9-10-20(21)32-23(29)16-5-4-6-17(25)12-16)13-26-27-22(28)14-31-19-8-3-2-7-18(19)24/h2-13H,14H2,1H3,(H,27,28)/b26-13+. The number of nitrogens with one attached hydrogen (secondary N) is 1. The predicted octanol–water partition coefficient (Wildman–Crippen LogP) is 4.24. The van der Waals surface area contributed by atoms with E-state index in [-0.39, 0.29) is 23.7 Å². The summed E-state index contributed by atoms with van der Waals surface area (Å²) in [6.07, 6.45) is 1.38. The van der Waals surface area contributed by atoms with Crippen molar-refractivity contribution in [3.63, 3.8) is 0 Å². The minimum Gasteiger partial charge on any atom is -0.493 e. The Morgan fingerprint density at radius 2 is 1.84 bits per heavy atom. The van der Waals surface area contributed by atoms with Gasteiger partial charge in [0.15, 0.2) is 18.1 Å². The van der Waals surface area contributed by atoms with Crippen LogP contribution in [-0.4, -0.2) is 31.8 Å². The number of hydrogen-bond acceptors (Lipinski definition) is 6. The lowest BCUT2D eigenvalue weighted by molar-refractivity contribution is -0.123. The molecule has 0 radical (unpaired) electrons. The van der Waals surface area contributed by atoms with Crippen molar-refractivity contribution >= 4 is 29.7 Å². The molecule has 0 aliphatic carbocycles. The zero-order valence-corrected chi connectivity index (χ0v) is 17.6. The van der Waals surface area contributed by atoms with E-state index in [4.69, 9.17) is 25.8 Å². The van der Waals surface area contributed by atoms with Gasteiger partial charge in [-0.25, -0.2) is 14.6 Å². The Hall–Kier alpha value is -3.91. The van der Waals surface area contributed by atoms with Gasteiger partial charge in [0.25, 0.3) is 5.91 Å². The number of rotatable bonds is 8. The second kappa shape index (κ2) is 10.9. The van der Waals surface area contributed by atoms with Gasteiger partial charge in [-0.2, -0.15) is 5.10 Å². The third-order valence-corrected chi connectivity index (χ3v) is 4.36. The highest BCUT2D eigenvalue weighted by Crippen LogP contribution is 2.28. The average Bonchev–Trinajstić information content (AvgIpc) is 2.79. The number of benzene rings is 3. The van der Waals surface area contributed by atoms with Crippen molar-refractivity contribution in [2.45, 2.75) is 0 Å². The monoisotopic (exact) mass is 456 g/mol. The molecule has 32 heavy (non-hydrogen) atoms. The molecular weight excluding hydrogens is 439 g/mol. The molecular formula is C23H18ClFN2O5. The molecule has 0 bridgehead atoms. The Morgan fingerprint density at radius 3 is 2.59 bits per heavy atom. The SMILES string of the molecule is COc1cc(/C=N/NC(=O)COc2ccccc2Cl)ccc1OC(=O)c1cccc(F)c1. The molecule has 0 unspecified atom stereocenters. The lowest BCUT2D eigenvalue weighted by atomic mass is 10.2. The maximum atomic E-state index is 13.3. The molecule has 3 rings (SSSR count). The summed E-state index contributed by atoms with van der Waals surface area (Å²) in [7, 11) is 1.41. The van der Waals surface area contributed by atoms with Crippen molar-refractivity contribution in [2.75, 3.05) is 13.7 Å². The normalized spacial score (nSPS) is 10.6. The maximum absolute atomic E-state index is 13.3. The minimum absolute atomic E-state index is 0.0689. The second-order valence-corrected chi connectivity index (χ2v) is 6.73. The van der Waals surface area contributed by atoms with Crippen LogP contribution in [0.25, 0.3) is 0 Å². The van der Waals surface area contributed by atoms with Crippen LogP contribution in [0.2, 0.25) is 5.02 Å². The molecule has 0 heterocycles. The van der Waals surface area contributed by atoms with E-state index in [9.17, 15) is 14.0 Å². The number of carbonyl (C=O) groups is 2. The number of carbonyl (C=O) groups excluding carboxylic acids is 2. The summed E-state index contributed by atoms with van der Waals surface area (Å²) in [6, 6.07) is 16.6. The molecule has 0 atom stereocenters. The number of ether oxygens (including phenoxy) is 3. The first-order chi connectivity index (χ1) is 15.5. The Morgan fingerprint density at radius 1 is 1.03 bits per heavy atom. The summed E-state index contributed by atoms with van der Waals surface area (Å²) in [5, 5.41) is 4.25. The third-order valence-electron chi connectivity index (χ3n) is 4.05. The van der Waals surface area contributed by atoms with E-state index in [1.54, 1.807) is 36.4 Å². The van der Waals surface area contributed by atoms with Crippen LogP contribution in [0.15, 0.2) is 71.8 Å². The summed E-state index contributed by atoms with van der Waals surface area (Å²) in [6.45, 7) is -0.265. The first-order valence-electron chi connectivity index (χ1n) is 9.31. The first-order valence-corrected chi connectivity index (χ1v) is 9.69. The Balaban J connectivity index is 1.58. The topological polar surface area (TPSA) is 86.2 Å². The zero-order valence-electron chi connectivity index (χ0n) is 16.9. The fourth-order valence-corrected chi connectivity index (χ4v) is 2.73. The number of esters is 1. The predicted molar refractivity (Wildman–Crippen MR) is 117 cm³/mol. The van der Waals surface area contributed by atoms with Crippen molar-refractivity contribution in [1.29, 1.82) is 0 Å². The number of hydrogen-bond donors (Lipinski definition) is 1. The van der Waals surface area contributed by atoms with Crippen LogP contribution in [0, 0.1) is 5.82 Å². The summed E-state index contributed by atoms with van der Waals surface area (Å²) < 4.78 is 29.2. The molecule has 1 N–H and O–H groups in total. The van der Waals surface area contributed by atoms with Gasteiger partial charge in [0.2, 0.25) is 0 Å². The van der Waals surface area contributed by atoms with Gasteiger partial charge in [-0.15, -0.1) is 0 Å². The van der Waals surface area contributed by atoms with Crippen LogP contribution in [0.1, 0.15) is 15.9 Å². The van der Waals surface area contributed by atoms with E-state index >= 15 is 0 Å². The minimum atomic E-state index is -0.727. The fraction of sp³-hybridized carbons (Fsp3) is 0.0870. The van der Waals surface area contributed by atoms with Crippen LogP contribution in [0.3, 0.4) is 0 Å². The molecule has 0 aliphatic rings. The van der Waals surface area contributed by atoms with Crippen molar-refractivity contribution in [3.8, 4) is 17.2 Å². The number of methoxy groups -OCH3 is 1. The van der Waals surface area contributed by atoms with Crippen molar-refractivity contribution in [1.82, 2.24) is 5.43 Å². The Labute approximate surface area is 188 Å². The lowest BCUT2D eigenvalue weighted by Crippen LogP contribution is -2.24. The molecule has 164 valence electrons. The molecule has 0 aromatic heterocycles. The molecule has 0 saturated carbocycles. The highest BCUT2D eigenvalue weighted by Gasteiger charge is 2.13.